The maximum absolute atomic E-state index is 12.7. The van der Waals surface area contributed by atoms with Gasteiger partial charge in [0.25, 0.3) is 0 Å². The first-order valence-corrected chi connectivity index (χ1v) is 8.18. The van der Waals surface area contributed by atoms with Crippen molar-refractivity contribution in [1.82, 2.24) is 9.21 Å². The zero-order valence-corrected chi connectivity index (χ0v) is 13.0. The summed E-state index contributed by atoms with van der Waals surface area (Å²) in [5, 5.41) is 9.27. The van der Waals surface area contributed by atoms with Gasteiger partial charge in [0.1, 0.15) is 0 Å². The van der Waals surface area contributed by atoms with E-state index in [0.717, 1.165) is 6.42 Å². The van der Waals surface area contributed by atoms with Crippen LogP contribution in [0.3, 0.4) is 0 Å². The van der Waals surface area contributed by atoms with E-state index in [1.54, 1.807) is 29.4 Å². The number of benzene rings is 1. The molecule has 1 N–H and O–H groups in total. The average Bonchev–Trinajstić information content (AvgIpc) is 2.89. The Morgan fingerprint density at radius 2 is 2.10 bits per heavy atom. The molecule has 1 aromatic carbocycles. The molecule has 0 aromatic heterocycles. The highest BCUT2D eigenvalue weighted by molar-refractivity contribution is 7.89. The number of hydrogen-bond donors (Lipinski definition) is 1. The van der Waals surface area contributed by atoms with Gasteiger partial charge < -0.3 is 10.0 Å². The van der Waals surface area contributed by atoms with Crippen LogP contribution >= 0.6 is 0 Å². The van der Waals surface area contributed by atoms with Crippen LogP contribution in [0.2, 0.25) is 0 Å². The van der Waals surface area contributed by atoms with Crippen LogP contribution < -0.4 is 0 Å². The lowest BCUT2D eigenvalue weighted by atomic mass is 10.1. The Kier molecular flexibility index (Phi) is 4.49. The second-order valence-corrected chi connectivity index (χ2v) is 7.37. The van der Waals surface area contributed by atoms with E-state index in [0.29, 0.717) is 29.1 Å². The van der Waals surface area contributed by atoms with Gasteiger partial charge in [0.2, 0.25) is 10.0 Å². The minimum absolute atomic E-state index is 0.143. The molecule has 20 heavy (non-hydrogen) atoms. The van der Waals surface area contributed by atoms with Crippen molar-refractivity contribution < 1.29 is 13.5 Å². The number of aliphatic hydroxyl groups is 1. The molecule has 1 aromatic rings. The van der Waals surface area contributed by atoms with Crippen molar-refractivity contribution in [3.63, 3.8) is 0 Å². The Bertz CT molecular complexity index is 584. The Balaban J connectivity index is 2.33. The molecule has 112 valence electrons. The van der Waals surface area contributed by atoms with Crippen molar-refractivity contribution in [3.8, 4) is 0 Å². The fourth-order valence-electron chi connectivity index (χ4n) is 2.60. The molecule has 0 saturated carbocycles. The van der Waals surface area contributed by atoms with E-state index in [1.165, 1.54) is 0 Å². The van der Waals surface area contributed by atoms with E-state index in [-0.39, 0.29) is 12.6 Å². The Morgan fingerprint density at radius 1 is 1.40 bits per heavy atom. The molecule has 0 aliphatic carbocycles. The van der Waals surface area contributed by atoms with Crippen LogP contribution in [0, 0.1) is 6.92 Å². The summed E-state index contributed by atoms with van der Waals surface area (Å²) in [5.41, 5.74) is 1.30. The summed E-state index contributed by atoms with van der Waals surface area (Å²) in [6.07, 6.45) is 0.852. The van der Waals surface area contributed by atoms with Crippen LogP contribution in [0.15, 0.2) is 23.1 Å². The third kappa shape index (κ3) is 2.74. The second kappa shape index (κ2) is 5.81. The molecular weight excluding hydrogens is 276 g/mol. The van der Waals surface area contributed by atoms with E-state index >= 15 is 0 Å². The van der Waals surface area contributed by atoms with Gasteiger partial charge in [0.15, 0.2) is 0 Å². The highest BCUT2D eigenvalue weighted by Crippen LogP contribution is 2.26. The maximum atomic E-state index is 12.7. The fourth-order valence-corrected chi connectivity index (χ4v) is 4.36. The molecular formula is C14H22N2O3S. The van der Waals surface area contributed by atoms with Crippen molar-refractivity contribution in [2.75, 3.05) is 27.2 Å². The molecule has 0 radical (unpaired) electrons. The largest absolute Gasteiger partial charge is 0.392 e. The summed E-state index contributed by atoms with van der Waals surface area (Å²) in [6.45, 7) is 2.68. The number of rotatable bonds is 4. The first kappa shape index (κ1) is 15.4. The molecule has 5 nitrogen and oxygen atoms in total. The third-order valence-corrected chi connectivity index (χ3v) is 6.05. The van der Waals surface area contributed by atoms with Crippen molar-refractivity contribution in [1.29, 1.82) is 0 Å². The summed E-state index contributed by atoms with van der Waals surface area (Å²) in [5.74, 6) is 0. The summed E-state index contributed by atoms with van der Waals surface area (Å²) in [7, 11) is 0.468. The Morgan fingerprint density at radius 3 is 2.65 bits per heavy atom. The van der Waals surface area contributed by atoms with Crippen LogP contribution in [0.4, 0.5) is 0 Å². The lowest BCUT2D eigenvalue weighted by molar-refractivity contribution is 0.280. The quantitative estimate of drug-likeness (QED) is 0.894. The first-order valence-electron chi connectivity index (χ1n) is 6.74. The van der Waals surface area contributed by atoms with Gasteiger partial charge in [-0.2, -0.15) is 4.31 Å². The normalized spacial score (nSPS) is 20.8. The van der Waals surface area contributed by atoms with Crippen molar-refractivity contribution in [2.24, 2.45) is 0 Å². The van der Waals surface area contributed by atoms with E-state index in [9.17, 15) is 13.5 Å². The van der Waals surface area contributed by atoms with Gasteiger partial charge in [-0.1, -0.05) is 12.1 Å². The molecule has 6 heteroatoms. The summed E-state index contributed by atoms with van der Waals surface area (Å²) in [6, 6.07) is 5.32. The summed E-state index contributed by atoms with van der Waals surface area (Å²) >= 11 is 0. The maximum Gasteiger partial charge on any atom is 0.243 e. The molecule has 1 aliphatic rings. The molecule has 1 saturated heterocycles. The predicted octanol–water partition coefficient (Wildman–Crippen LogP) is 0.812. The summed E-state index contributed by atoms with van der Waals surface area (Å²) in [4.78, 5) is 2.37. The Labute approximate surface area is 120 Å². The SMILES string of the molecule is Cc1c(CO)cccc1S(=O)(=O)N1CCC(N(C)C)C1. The van der Waals surface area contributed by atoms with Gasteiger partial charge >= 0.3 is 0 Å². The van der Waals surface area contributed by atoms with Crippen LogP contribution in [0.1, 0.15) is 17.5 Å². The Hall–Kier alpha value is -0.950. The average molecular weight is 298 g/mol. The zero-order chi connectivity index (χ0) is 14.9. The van der Waals surface area contributed by atoms with E-state index in [1.807, 2.05) is 14.1 Å². The molecule has 1 atom stereocenters. The fraction of sp³-hybridized carbons (Fsp3) is 0.571. The van der Waals surface area contributed by atoms with E-state index in [4.69, 9.17) is 0 Å². The van der Waals surface area contributed by atoms with Gasteiger partial charge in [-0.3, -0.25) is 0 Å². The standard InChI is InChI=1S/C14H22N2O3S/c1-11-12(10-17)5-4-6-14(11)20(18,19)16-8-7-13(9-16)15(2)3/h4-6,13,17H,7-10H2,1-3H3. The molecule has 1 fully saturated rings. The second-order valence-electron chi connectivity index (χ2n) is 5.47. The number of likely N-dealkylation sites (N-methyl/N-ethyl adjacent to an activating group) is 1. The van der Waals surface area contributed by atoms with E-state index in [2.05, 4.69) is 4.90 Å². The topological polar surface area (TPSA) is 60.9 Å². The number of hydrogen-bond acceptors (Lipinski definition) is 4. The van der Waals surface area contributed by atoms with Crippen molar-refractivity contribution in [2.45, 2.75) is 30.9 Å². The molecule has 1 aliphatic heterocycles. The minimum atomic E-state index is -3.47. The highest BCUT2D eigenvalue weighted by Gasteiger charge is 2.34. The number of nitrogens with zero attached hydrogens (tertiary/aromatic N) is 2. The number of aliphatic hydroxyl groups excluding tert-OH is 1. The van der Waals surface area contributed by atoms with Crippen molar-refractivity contribution >= 4 is 10.0 Å². The van der Waals surface area contributed by atoms with Crippen LogP contribution in [0.5, 0.6) is 0 Å². The molecule has 1 heterocycles. The lowest BCUT2D eigenvalue weighted by Crippen LogP contribution is -2.34. The first-order chi connectivity index (χ1) is 9.37. The van der Waals surface area contributed by atoms with Crippen LogP contribution in [-0.4, -0.2) is 56.0 Å². The molecule has 1 unspecified atom stereocenters. The zero-order valence-electron chi connectivity index (χ0n) is 12.2. The molecule has 0 amide bonds. The predicted molar refractivity (Wildman–Crippen MR) is 78.0 cm³/mol. The van der Waals surface area contributed by atoms with Gasteiger partial charge in [-0.05, 0) is 44.6 Å². The molecule has 2 rings (SSSR count). The molecule has 0 spiro atoms. The monoisotopic (exact) mass is 298 g/mol. The highest BCUT2D eigenvalue weighted by atomic mass is 32.2. The lowest BCUT2D eigenvalue weighted by Gasteiger charge is -2.21. The third-order valence-electron chi connectivity index (χ3n) is 4.04. The van der Waals surface area contributed by atoms with Crippen molar-refractivity contribution in [3.05, 3.63) is 29.3 Å². The van der Waals surface area contributed by atoms with E-state index < -0.39 is 10.0 Å². The van der Waals surface area contributed by atoms with Gasteiger partial charge in [-0.15, -0.1) is 0 Å². The van der Waals surface area contributed by atoms with Gasteiger partial charge in [0, 0.05) is 19.1 Å². The number of sulfonamides is 1. The minimum Gasteiger partial charge on any atom is -0.392 e. The summed E-state index contributed by atoms with van der Waals surface area (Å²) < 4.78 is 27.0. The van der Waals surface area contributed by atoms with Crippen LogP contribution in [-0.2, 0) is 16.6 Å². The molecule has 0 bridgehead atoms. The van der Waals surface area contributed by atoms with Gasteiger partial charge in [0.05, 0.1) is 11.5 Å². The van der Waals surface area contributed by atoms with Gasteiger partial charge in [-0.25, -0.2) is 8.42 Å². The van der Waals surface area contributed by atoms with Crippen LogP contribution in [0.25, 0.3) is 0 Å². The smallest absolute Gasteiger partial charge is 0.243 e.